The molecule has 3 amide bonds. The number of hydrogen-bond donors (Lipinski definition) is 3. The fraction of sp³-hybridized carbons (Fsp3) is 0.314. The molecule has 12 heteroatoms. The predicted molar refractivity (Wildman–Crippen MR) is 179 cm³/mol. The van der Waals surface area contributed by atoms with Crippen molar-refractivity contribution >= 4 is 41.2 Å². The lowest BCUT2D eigenvalue weighted by molar-refractivity contribution is 0.0527. The number of para-hydroxylation sites is 1. The first kappa shape index (κ1) is 33.1. The Balaban J connectivity index is 1.14. The Hall–Kier alpha value is -5.23. The van der Waals surface area contributed by atoms with Crippen LogP contribution in [0.4, 0.5) is 26.4 Å². The van der Waals surface area contributed by atoms with Crippen LogP contribution in [-0.2, 0) is 4.74 Å². The number of anilines is 3. The monoisotopic (exact) mass is 642 g/mol. The maximum Gasteiger partial charge on any atom is 0.340 e. The van der Waals surface area contributed by atoms with Gasteiger partial charge < -0.3 is 35.3 Å². The molecule has 3 heterocycles. The molecule has 2 unspecified atom stereocenters. The number of esters is 1. The first-order valence-corrected chi connectivity index (χ1v) is 15.5. The van der Waals surface area contributed by atoms with Crippen LogP contribution in [0.5, 0.6) is 0 Å². The lowest BCUT2D eigenvalue weighted by Gasteiger charge is -2.35. The SMILES string of the molecule is CCOC(=O)c1ccccc1NC(=O)N1CCN(c2ccc(NC(=O)c3oc(C=CC(N)C4=CCC(F)C=C4)c(C)c3C)cn2)CC1. The number of alkyl halides is 1. The molecule has 2 aliphatic rings. The standard InChI is InChI=1S/C35H39FN6O5/c1-4-46-34(44)27-7-5-6-8-29(27)40-35(45)42-19-17-41(18-20-42)31-16-13-26(21-38-31)39-33(43)32-23(3)22(2)30(47-32)15-14-28(37)24-9-11-25(36)12-10-24/h5-11,13-16,21,25,28H,4,12,17-20,37H2,1-3H3,(H,39,43)(H,40,45). The van der Waals surface area contributed by atoms with Crippen molar-refractivity contribution in [1.82, 2.24) is 9.88 Å². The summed E-state index contributed by atoms with van der Waals surface area (Å²) in [5.74, 6) is 0.541. The van der Waals surface area contributed by atoms with Crippen LogP contribution in [0.1, 0.15) is 51.1 Å². The van der Waals surface area contributed by atoms with E-state index in [-0.39, 0.29) is 18.4 Å². The van der Waals surface area contributed by atoms with Crippen molar-refractivity contribution in [3.8, 4) is 0 Å². The van der Waals surface area contributed by atoms with Crippen LogP contribution in [0.15, 0.2) is 76.9 Å². The molecule has 0 bridgehead atoms. The van der Waals surface area contributed by atoms with E-state index in [1.165, 1.54) is 6.08 Å². The van der Waals surface area contributed by atoms with Crippen molar-refractivity contribution in [1.29, 1.82) is 0 Å². The van der Waals surface area contributed by atoms with E-state index in [0.717, 1.165) is 17.0 Å². The molecule has 1 fully saturated rings. The zero-order valence-corrected chi connectivity index (χ0v) is 26.7. The average Bonchev–Trinajstić information content (AvgIpc) is 3.37. The second kappa shape index (κ2) is 14.9. The highest BCUT2D eigenvalue weighted by molar-refractivity contribution is 6.03. The number of halogens is 1. The minimum absolute atomic E-state index is 0.191. The van der Waals surface area contributed by atoms with E-state index >= 15 is 0 Å². The van der Waals surface area contributed by atoms with Gasteiger partial charge in [-0.2, -0.15) is 0 Å². The minimum atomic E-state index is -0.982. The van der Waals surface area contributed by atoms with Crippen molar-refractivity contribution < 1.29 is 27.9 Å². The fourth-order valence-electron chi connectivity index (χ4n) is 5.30. The zero-order valence-electron chi connectivity index (χ0n) is 26.7. The number of pyridine rings is 1. The number of nitrogens with one attached hydrogen (secondary N) is 2. The summed E-state index contributed by atoms with van der Waals surface area (Å²) in [6, 6.07) is 9.61. The van der Waals surface area contributed by atoms with Gasteiger partial charge in [-0.05, 0) is 62.2 Å². The molecule has 47 heavy (non-hydrogen) atoms. The van der Waals surface area contributed by atoms with Crippen molar-refractivity contribution in [2.24, 2.45) is 5.73 Å². The molecule has 0 saturated carbocycles. The molecule has 11 nitrogen and oxygen atoms in total. The third kappa shape index (κ3) is 7.95. The Morgan fingerprint density at radius 3 is 2.55 bits per heavy atom. The molecule has 0 spiro atoms. The molecule has 2 aromatic heterocycles. The second-order valence-electron chi connectivity index (χ2n) is 11.3. The fourth-order valence-corrected chi connectivity index (χ4v) is 5.30. The highest BCUT2D eigenvalue weighted by Crippen LogP contribution is 2.25. The van der Waals surface area contributed by atoms with E-state index in [1.54, 1.807) is 72.7 Å². The van der Waals surface area contributed by atoms with Crippen molar-refractivity contribution in [3.63, 3.8) is 0 Å². The van der Waals surface area contributed by atoms with Gasteiger partial charge in [0.1, 0.15) is 17.7 Å². The number of nitrogens with zero attached hydrogens (tertiary/aromatic N) is 3. The number of carbonyl (C=O) groups is 3. The number of aromatic nitrogens is 1. The molecule has 1 aromatic carbocycles. The van der Waals surface area contributed by atoms with E-state index in [0.29, 0.717) is 60.9 Å². The van der Waals surface area contributed by atoms with Gasteiger partial charge in [-0.3, -0.25) is 4.79 Å². The Labute approximate surface area is 273 Å². The predicted octanol–water partition coefficient (Wildman–Crippen LogP) is 5.64. The molecule has 2 atom stereocenters. The first-order chi connectivity index (χ1) is 22.6. The van der Waals surface area contributed by atoms with Crippen molar-refractivity contribution in [3.05, 3.63) is 101 Å². The van der Waals surface area contributed by atoms with Crippen LogP contribution in [0.3, 0.4) is 0 Å². The molecule has 0 radical (unpaired) electrons. The van der Waals surface area contributed by atoms with Gasteiger partial charge in [0.25, 0.3) is 5.91 Å². The van der Waals surface area contributed by atoms with Gasteiger partial charge in [-0.25, -0.2) is 19.0 Å². The number of carbonyl (C=O) groups excluding carboxylic acids is 3. The Bertz CT molecular complexity index is 1710. The number of furan rings is 1. The maximum atomic E-state index is 13.4. The van der Waals surface area contributed by atoms with Gasteiger partial charge >= 0.3 is 12.0 Å². The van der Waals surface area contributed by atoms with E-state index in [4.69, 9.17) is 14.9 Å². The Morgan fingerprint density at radius 1 is 1.11 bits per heavy atom. The molecule has 5 rings (SSSR count). The van der Waals surface area contributed by atoms with E-state index in [1.807, 2.05) is 19.9 Å². The maximum absolute atomic E-state index is 13.4. The van der Waals surface area contributed by atoms with Gasteiger partial charge in [0, 0.05) is 44.2 Å². The topological polar surface area (TPSA) is 143 Å². The number of hydrogen-bond acceptors (Lipinski definition) is 8. The van der Waals surface area contributed by atoms with Crippen LogP contribution < -0.4 is 21.3 Å². The zero-order chi connectivity index (χ0) is 33.5. The summed E-state index contributed by atoms with van der Waals surface area (Å²) in [5, 5.41) is 5.67. The van der Waals surface area contributed by atoms with Crippen LogP contribution in [-0.4, -0.2) is 72.8 Å². The number of nitrogens with two attached hydrogens (primary N) is 1. The van der Waals surface area contributed by atoms with Gasteiger partial charge in [0.2, 0.25) is 0 Å². The number of amides is 3. The third-order valence-corrected chi connectivity index (χ3v) is 8.17. The van der Waals surface area contributed by atoms with Crippen LogP contribution in [0, 0.1) is 13.8 Å². The number of ether oxygens (including phenoxy) is 1. The summed E-state index contributed by atoms with van der Waals surface area (Å²) >= 11 is 0. The van der Waals surface area contributed by atoms with Gasteiger partial charge in [0.15, 0.2) is 5.76 Å². The summed E-state index contributed by atoms with van der Waals surface area (Å²) < 4.78 is 24.4. The van der Waals surface area contributed by atoms with Crippen molar-refractivity contribution in [2.75, 3.05) is 48.3 Å². The molecular weight excluding hydrogens is 603 g/mol. The quantitative estimate of drug-likeness (QED) is 0.255. The molecule has 3 aromatic rings. The largest absolute Gasteiger partial charge is 0.462 e. The molecule has 1 saturated heterocycles. The third-order valence-electron chi connectivity index (χ3n) is 8.17. The summed E-state index contributed by atoms with van der Waals surface area (Å²) in [7, 11) is 0. The summed E-state index contributed by atoms with van der Waals surface area (Å²) in [4.78, 5) is 46.6. The van der Waals surface area contributed by atoms with Gasteiger partial charge in [0.05, 0.1) is 29.7 Å². The summed E-state index contributed by atoms with van der Waals surface area (Å²) in [5.41, 5.74) is 9.81. The second-order valence-corrected chi connectivity index (χ2v) is 11.3. The van der Waals surface area contributed by atoms with Crippen LogP contribution in [0.25, 0.3) is 6.08 Å². The van der Waals surface area contributed by atoms with Gasteiger partial charge in [-0.1, -0.05) is 36.4 Å². The smallest absolute Gasteiger partial charge is 0.340 e. The Morgan fingerprint density at radius 2 is 1.87 bits per heavy atom. The molecule has 1 aliphatic heterocycles. The van der Waals surface area contributed by atoms with Crippen LogP contribution in [0.2, 0.25) is 0 Å². The molecule has 4 N–H and O–H groups in total. The summed E-state index contributed by atoms with van der Waals surface area (Å²) in [6.07, 6.45) is 9.38. The molecule has 1 aliphatic carbocycles. The lowest BCUT2D eigenvalue weighted by Crippen LogP contribution is -2.50. The number of benzene rings is 1. The normalized spacial score (nSPS) is 17.0. The number of allylic oxidation sites excluding steroid dienone is 2. The number of piperazine rings is 1. The van der Waals surface area contributed by atoms with E-state index < -0.39 is 24.1 Å². The molecule has 246 valence electrons. The summed E-state index contributed by atoms with van der Waals surface area (Å²) in [6.45, 7) is 7.69. The highest BCUT2D eigenvalue weighted by Gasteiger charge is 2.24. The minimum Gasteiger partial charge on any atom is -0.462 e. The van der Waals surface area contributed by atoms with Gasteiger partial charge in [-0.15, -0.1) is 0 Å². The highest BCUT2D eigenvalue weighted by atomic mass is 19.1. The lowest BCUT2D eigenvalue weighted by atomic mass is 9.99. The van der Waals surface area contributed by atoms with Crippen molar-refractivity contribution in [2.45, 2.75) is 39.4 Å². The first-order valence-electron chi connectivity index (χ1n) is 15.5. The number of urea groups is 1. The van der Waals surface area contributed by atoms with E-state index in [2.05, 4.69) is 20.5 Å². The molecular formula is C35H39FN6O5. The Kier molecular flexibility index (Phi) is 10.5. The van der Waals surface area contributed by atoms with Crippen LogP contribution >= 0.6 is 0 Å². The number of rotatable bonds is 9. The average molecular weight is 643 g/mol. The van der Waals surface area contributed by atoms with E-state index in [9.17, 15) is 18.8 Å².